The van der Waals surface area contributed by atoms with Crippen molar-refractivity contribution >= 4 is 28.1 Å². The van der Waals surface area contributed by atoms with Gasteiger partial charge in [-0.3, -0.25) is 4.98 Å². The molecule has 0 unspecified atom stereocenters. The van der Waals surface area contributed by atoms with E-state index in [2.05, 4.69) is 34.4 Å². The van der Waals surface area contributed by atoms with Gasteiger partial charge in [-0.1, -0.05) is 13.8 Å². The van der Waals surface area contributed by atoms with E-state index < -0.39 is 0 Å². The summed E-state index contributed by atoms with van der Waals surface area (Å²) in [6, 6.07) is 5.70. The molecule has 3 heterocycles. The Hall–Kier alpha value is -3.39. The summed E-state index contributed by atoms with van der Waals surface area (Å²) >= 11 is 0. The van der Waals surface area contributed by atoms with Crippen LogP contribution in [0.5, 0.6) is 0 Å². The van der Waals surface area contributed by atoms with Gasteiger partial charge in [0, 0.05) is 55.4 Å². The second-order valence-electron chi connectivity index (χ2n) is 8.15. The maximum atomic E-state index is 8.78. The van der Waals surface area contributed by atoms with Gasteiger partial charge in [0.05, 0.1) is 11.0 Å². The molecule has 8 nitrogen and oxygen atoms in total. The van der Waals surface area contributed by atoms with Crippen molar-refractivity contribution in [1.82, 2.24) is 15.3 Å². The lowest BCUT2D eigenvalue weighted by Crippen LogP contribution is -2.24. The molecule has 2 aromatic heterocycles. The third-order valence-electron chi connectivity index (χ3n) is 5.51. The van der Waals surface area contributed by atoms with E-state index in [0.29, 0.717) is 30.6 Å². The topological polar surface area (TPSA) is 135 Å². The molecule has 0 bridgehead atoms. The van der Waals surface area contributed by atoms with Crippen molar-refractivity contribution in [3.05, 3.63) is 59.8 Å². The molecule has 1 fully saturated rings. The number of aromatic nitrogens is 2. The Morgan fingerprint density at radius 3 is 2.66 bits per heavy atom. The predicted molar refractivity (Wildman–Crippen MR) is 131 cm³/mol. The molecule has 8 heteroatoms. The number of rotatable bonds is 8. The first-order valence-electron chi connectivity index (χ1n) is 10.9. The highest BCUT2D eigenvalue weighted by atomic mass is 16.5. The lowest BCUT2D eigenvalue weighted by molar-refractivity contribution is 0.0829. The van der Waals surface area contributed by atoms with Crippen molar-refractivity contribution in [2.75, 3.05) is 25.6 Å². The zero-order valence-corrected chi connectivity index (χ0v) is 19.0. The summed E-state index contributed by atoms with van der Waals surface area (Å²) in [5, 5.41) is 15.0. The molecule has 1 saturated heterocycles. The molecular formula is C24H33N7O. The molecule has 0 spiro atoms. The van der Waals surface area contributed by atoms with Gasteiger partial charge in [-0.25, -0.2) is 4.98 Å². The third-order valence-corrected chi connectivity index (χ3v) is 5.51. The molecule has 2 aromatic rings. The quantitative estimate of drug-likeness (QED) is 0.317. The van der Waals surface area contributed by atoms with Crippen molar-refractivity contribution < 1.29 is 4.74 Å². The van der Waals surface area contributed by atoms with Gasteiger partial charge < -0.3 is 32.2 Å². The molecule has 0 aromatic carbocycles. The zero-order chi connectivity index (χ0) is 23.1. The highest BCUT2D eigenvalue weighted by molar-refractivity contribution is 6.23. The van der Waals surface area contributed by atoms with Gasteiger partial charge in [0.1, 0.15) is 11.6 Å². The van der Waals surface area contributed by atoms with Gasteiger partial charge in [-0.05, 0) is 54.8 Å². The minimum atomic E-state index is 0.177. The van der Waals surface area contributed by atoms with Gasteiger partial charge in [-0.15, -0.1) is 0 Å². The van der Waals surface area contributed by atoms with Crippen LogP contribution in [0.3, 0.4) is 0 Å². The maximum Gasteiger partial charge on any atom is 0.132 e. The number of hydrogen-bond donors (Lipinski definition) is 5. The number of ether oxygens (including phenoxy) is 1. The molecule has 0 radical (unpaired) electrons. The van der Waals surface area contributed by atoms with Crippen LogP contribution in [0.4, 0.5) is 5.82 Å². The van der Waals surface area contributed by atoms with E-state index in [1.807, 2.05) is 37.5 Å². The zero-order valence-electron chi connectivity index (χ0n) is 19.0. The Kier molecular flexibility index (Phi) is 7.83. The van der Waals surface area contributed by atoms with Crippen molar-refractivity contribution in [1.29, 1.82) is 5.41 Å². The Labute approximate surface area is 189 Å². The lowest BCUT2D eigenvalue weighted by atomic mass is 9.88. The summed E-state index contributed by atoms with van der Waals surface area (Å²) < 4.78 is 5.46. The molecule has 32 heavy (non-hydrogen) atoms. The third kappa shape index (κ3) is 5.64. The minimum Gasteiger partial charge on any atom is -0.404 e. The largest absolute Gasteiger partial charge is 0.404 e. The average molecular weight is 436 g/mol. The number of nitrogens with one attached hydrogen (secondary N) is 3. The minimum absolute atomic E-state index is 0.177. The van der Waals surface area contributed by atoms with Crippen molar-refractivity contribution in [2.24, 2.45) is 23.3 Å². The first kappa shape index (κ1) is 23.3. The molecule has 170 valence electrons. The van der Waals surface area contributed by atoms with Crippen LogP contribution in [0.2, 0.25) is 0 Å². The Bertz CT molecular complexity index is 1050. The Balaban J connectivity index is 1.89. The molecule has 0 atom stereocenters. The van der Waals surface area contributed by atoms with Gasteiger partial charge in [-0.2, -0.15) is 0 Å². The van der Waals surface area contributed by atoms with E-state index >= 15 is 0 Å². The number of pyridine rings is 2. The average Bonchev–Trinajstić information content (AvgIpc) is 2.80. The van der Waals surface area contributed by atoms with Crippen molar-refractivity contribution in [2.45, 2.75) is 26.7 Å². The van der Waals surface area contributed by atoms with Gasteiger partial charge >= 0.3 is 0 Å². The molecule has 1 aliphatic rings. The van der Waals surface area contributed by atoms with Crippen LogP contribution in [0.15, 0.2) is 54.3 Å². The summed E-state index contributed by atoms with van der Waals surface area (Å²) in [6.45, 7) is 5.49. The summed E-state index contributed by atoms with van der Waals surface area (Å²) in [4.78, 5) is 9.25. The molecule has 3 rings (SSSR count). The number of anilines is 1. The summed E-state index contributed by atoms with van der Waals surface area (Å²) in [5.74, 6) is 1.52. The number of fused-ring (bicyclic) bond motifs is 1. The summed E-state index contributed by atoms with van der Waals surface area (Å²) in [6.07, 6.45) is 8.74. The molecule has 0 saturated carbocycles. The van der Waals surface area contributed by atoms with Crippen LogP contribution in [-0.2, 0) is 4.74 Å². The van der Waals surface area contributed by atoms with Crippen LogP contribution in [0.1, 0.15) is 32.3 Å². The normalized spacial score (nSPS) is 16.4. The molecular weight excluding hydrogens is 402 g/mol. The van der Waals surface area contributed by atoms with Crippen LogP contribution < -0.4 is 22.1 Å². The van der Waals surface area contributed by atoms with Gasteiger partial charge in [0.25, 0.3) is 0 Å². The summed E-state index contributed by atoms with van der Waals surface area (Å²) in [7, 11) is 1.84. The second-order valence-corrected chi connectivity index (χ2v) is 8.15. The first-order valence-corrected chi connectivity index (χ1v) is 10.9. The highest BCUT2D eigenvalue weighted by Crippen LogP contribution is 2.27. The van der Waals surface area contributed by atoms with E-state index in [0.717, 1.165) is 40.6 Å². The smallest absolute Gasteiger partial charge is 0.132 e. The van der Waals surface area contributed by atoms with E-state index in [4.69, 9.17) is 21.6 Å². The second kappa shape index (κ2) is 10.8. The lowest BCUT2D eigenvalue weighted by Gasteiger charge is -2.24. The molecule has 7 N–H and O–H groups in total. The van der Waals surface area contributed by atoms with Crippen LogP contribution in [-0.4, -0.2) is 35.9 Å². The first-order chi connectivity index (χ1) is 15.4. The molecule has 0 aliphatic carbocycles. The van der Waals surface area contributed by atoms with Crippen molar-refractivity contribution in [3.63, 3.8) is 0 Å². The monoisotopic (exact) mass is 435 g/mol. The number of nitrogens with zero attached hydrogens (tertiary/aromatic N) is 2. The number of allylic oxidation sites excluding steroid dienone is 3. The fourth-order valence-electron chi connectivity index (χ4n) is 3.66. The van der Waals surface area contributed by atoms with E-state index in [-0.39, 0.29) is 11.8 Å². The van der Waals surface area contributed by atoms with Crippen LogP contribution >= 0.6 is 0 Å². The fourth-order valence-corrected chi connectivity index (χ4v) is 3.66. The number of hydrogen-bond acceptors (Lipinski definition) is 8. The summed E-state index contributed by atoms with van der Waals surface area (Å²) in [5.41, 5.74) is 16.5. The van der Waals surface area contributed by atoms with Gasteiger partial charge in [0.2, 0.25) is 0 Å². The van der Waals surface area contributed by atoms with E-state index in [1.54, 1.807) is 12.4 Å². The molecule has 1 aliphatic heterocycles. The van der Waals surface area contributed by atoms with Crippen molar-refractivity contribution in [3.8, 4) is 0 Å². The number of nitrogens with two attached hydrogens (primary N) is 2. The highest BCUT2D eigenvalue weighted by Gasteiger charge is 2.22. The maximum absolute atomic E-state index is 8.78. The fraction of sp³-hybridized carbons (Fsp3) is 0.375. The standard InChI is InChI=1S/C24H33N7O/c1-15(2)17(12-25)11-22(26)31-23-5-4-20-21(30-23)10-18(13-29-20)19(14-28-3)24(27)16-6-8-32-9-7-16/h4-5,10-16,27-28H,6-9,25-26H2,1-3H3,(H,30,31)/b17-12+,19-14-,22-11+,27-24?. The Morgan fingerprint density at radius 2 is 2.00 bits per heavy atom. The van der Waals surface area contributed by atoms with Crippen LogP contribution in [0.25, 0.3) is 16.6 Å². The predicted octanol–water partition coefficient (Wildman–Crippen LogP) is 3.35. The Morgan fingerprint density at radius 1 is 1.25 bits per heavy atom. The van der Waals surface area contributed by atoms with E-state index in [1.165, 1.54) is 0 Å². The molecule has 0 amide bonds. The van der Waals surface area contributed by atoms with Gasteiger partial charge in [0.15, 0.2) is 0 Å². The van der Waals surface area contributed by atoms with Crippen LogP contribution in [0, 0.1) is 17.2 Å². The SMILES string of the molecule is CN/C=C(\C(=N)C1CCOCC1)c1cnc2ccc(N/C(N)=C/C(=C\N)C(C)C)nc2c1. The van der Waals surface area contributed by atoms with E-state index in [9.17, 15) is 0 Å².